The maximum Gasteiger partial charge on any atom is 0.253 e. The minimum absolute atomic E-state index is 0.0842. The highest BCUT2D eigenvalue weighted by atomic mass is 32.2. The number of hydrogen-bond acceptors (Lipinski definition) is 5. The van der Waals surface area contributed by atoms with Crippen LogP contribution in [0.25, 0.3) is 0 Å². The number of ether oxygens (including phenoxy) is 1. The number of carbonyl (C=O) groups is 2. The fourth-order valence-electron chi connectivity index (χ4n) is 4.41. The van der Waals surface area contributed by atoms with Crippen molar-refractivity contribution < 1.29 is 22.7 Å². The number of sulfonamides is 1. The number of rotatable bonds is 5. The summed E-state index contributed by atoms with van der Waals surface area (Å²) >= 11 is 0. The van der Waals surface area contributed by atoms with E-state index in [1.165, 1.54) is 11.4 Å². The lowest BCUT2D eigenvalue weighted by molar-refractivity contribution is 0.0650. The molecular formula is C24H28N2O5S. The molecule has 2 aromatic rings. The molecule has 1 amide bonds. The Morgan fingerprint density at radius 3 is 2.22 bits per heavy atom. The first-order valence-electron chi connectivity index (χ1n) is 10.9. The highest BCUT2D eigenvalue weighted by Crippen LogP contribution is 2.34. The zero-order valence-corrected chi connectivity index (χ0v) is 19.2. The molecule has 0 saturated carbocycles. The fraction of sp³-hybridized carbons (Fsp3) is 0.417. The van der Waals surface area contributed by atoms with E-state index in [0.29, 0.717) is 55.9 Å². The molecule has 2 aromatic carbocycles. The second-order valence-electron chi connectivity index (χ2n) is 8.43. The second kappa shape index (κ2) is 8.94. The molecule has 8 heteroatoms. The SMILES string of the molecule is COc1cc(C(=O)N2CCC(C(=O)c3ccc(C)cc3)CC2)ccc1N1CCCS1(=O)=O. The molecule has 2 heterocycles. The minimum Gasteiger partial charge on any atom is -0.495 e. The van der Waals surface area contributed by atoms with Crippen molar-refractivity contribution in [3.8, 4) is 5.75 Å². The third kappa shape index (κ3) is 4.37. The summed E-state index contributed by atoms with van der Waals surface area (Å²) in [5.74, 6) is 0.396. The topological polar surface area (TPSA) is 84.0 Å². The van der Waals surface area contributed by atoms with Crippen LogP contribution in [0.2, 0.25) is 0 Å². The molecule has 0 unspecified atom stereocenters. The third-order valence-corrected chi connectivity index (χ3v) is 8.14. The standard InChI is InChI=1S/C24H28N2O5S/c1-17-4-6-18(7-5-17)23(27)19-10-13-25(14-11-19)24(28)20-8-9-21(22(16-20)31-2)26-12-3-15-32(26,29)30/h4-9,16,19H,3,10-15H2,1-2H3. The number of piperidine rings is 1. The van der Waals surface area contributed by atoms with E-state index < -0.39 is 10.0 Å². The number of likely N-dealkylation sites (tertiary alicyclic amines) is 1. The van der Waals surface area contributed by atoms with E-state index in [9.17, 15) is 18.0 Å². The molecule has 2 fully saturated rings. The predicted molar refractivity (Wildman–Crippen MR) is 123 cm³/mol. The Morgan fingerprint density at radius 2 is 1.62 bits per heavy atom. The van der Waals surface area contributed by atoms with Crippen molar-refractivity contribution in [2.24, 2.45) is 5.92 Å². The third-order valence-electron chi connectivity index (χ3n) is 6.28. The Bertz CT molecular complexity index is 1120. The van der Waals surface area contributed by atoms with Gasteiger partial charge >= 0.3 is 0 Å². The van der Waals surface area contributed by atoms with Gasteiger partial charge in [-0.2, -0.15) is 0 Å². The molecular weight excluding hydrogens is 428 g/mol. The van der Waals surface area contributed by atoms with Crippen molar-refractivity contribution in [1.29, 1.82) is 0 Å². The van der Waals surface area contributed by atoms with Crippen LogP contribution in [0.4, 0.5) is 5.69 Å². The van der Waals surface area contributed by atoms with Crippen molar-refractivity contribution >= 4 is 27.4 Å². The van der Waals surface area contributed by atoms with Gasteiger partial charge in [0.15, 0.2) is 5.78 Å². The quantitative estimate of drug-likeness (QED) is 0.645. The first-order valence-corrected chi connectivity index (χ1v) is 12.5. The van der Waals surface area contributed by atoms with Gasteiger partial charge in [-0.3, -0.25) is 13.9 Å². The largest absolute Gasteiger partial charge is 0.495 e. The molecule has 170 valence electrons. The van der Waals surface area contributed by atoms with Gasteiger partial charge in [0, 0.05) is 36.7 Å². The van der Waals surface area contributed by atoms with Gasteiger partial charge < -0.3 is 9.64 Å². The maximum atomic E-state index is 13.1. The zero-order valence-electron chi connectivity index (χ0n) is 18.4. The van der Waals surface area contributed by atoms with E-state index in [1.54, 1.807) is 23.1 Å². The van der Waals surface area contributed by atoms with E-state index in [2.05, 4.69) is 0 Å². The van der Waals surface area contributed by atoms with Gasteiger partial charge in [-0.05, 0) is 44.4 Å². The Balaban J connectivity index is 1.44. The van der Waals surface area contributed by atoms with Crippen molar-refractivity contribution in [3.05, 3.63) is 59.2 Å². The highest BCUT2D eigenvalue weighted by molar-refractivity contribution is 7.93. The Hall–Kier alpha value is -2.87. The number of nitrogens with zero attached hydrogens (tertiary/aromatic N) is 2. The molecule has 0 spiro atoms. The lowest BCUT2D eigenvalue weighted by Gasteiger charge is -2.31. The molecule has 7 nitrogen and oxygen atoms in total. The minimum atomic E-state index is -3.34. The van der Waals surface area contributed by atoms with Gasteiger partial charge in [-0.1, -0.05) is 29.8 Å². The number of methoxy groups -OCH3 is 1. The molecule has 0 aliphatic carbocycles. The van der Waals surface area contributed by atoms with E-state index in [-0.39, 0.29) is 23.4 Å². The van der Waals surface area contributed by atoms with Crippen LogP contribution in [0.5, 0.6) is 5.75 Å². The smallest absolute Gasteiger partial charge is 0.253 e. The van der Waals surface area contributed by atoms with Gasteiger partial charge in [0.05, 0.1) is 18.6 Å². The number of ketones is 1. The van der Waals surface area contributed by atoms with Crippen molar-refractivity contribution in [3.63, 3.8) is 0 Å². The van der Waals surface area contributed by atoms with Gasteiger partial charge in [-0.25, -0.2) is 8.42 Å². The zero-order chi connectivity index (χ0) is 22.9. The van der Waals surface area contributed by atoms with Crippen molar-refractivity contribution in [1.82, 2.24) is 4.90 Å². The van der Waals surface area contributed by atoms with E-state index in [0.717, 1.165) is 11.1 Å². The molecule has 4 rings (SSSR count). The van der Waals surface area contributed by atoms with Crippen LogP contribution in [0.3, 0.4) is 0 Å². The van der Waals surface area contributed by atoms with Crippen molar-refractivity contribution in [2.75, 3.05) is 36.8 Å². The molecule has 0 N–H and O–H groups in total. The number of carbonyl (C=O) groups excluding carboxylic acids is 2. The average molecular weight is 457 g/mol. The van der Waals surface area contributed by atoms with Crippen LogP contribution < -0.4 is 9.04 Å². The number of aryl methyl sites for hydroxylation is 1. The van der Waals surface area contributed by atoms with Crippen molar-refractivity contribution in [2.45, 2.75) is 26.2 Å². The van der Waals surface area contributed by atoms with Crippen LogP contribution in [0.15, 0.2) is 42.5 Å². The summed E-state index contributed by atoms with van der Waals surface area (Å²) < 4.78 is 31.3. The van der Waals surface area contributed by atoms with Crippen LogP contribution in [0, 0.1) is 12.8 Å². The van der Waals surface area contributed by atoms with E-state index >= 15 is 0 Å². The van der Waals surface area contributed by atoms with Gasteiger partial charge in [0.2, 0.25) is 10.0 Å². The first-order chi connectivity index (χ1) is 15.3. The molecule has 0 bridgehead atoms. The fourth-order valence-corrected chi connectivity index (χ4v) is 5.98. The second-order valence-corrected chi connectivity index (χ2v) is 10.4. The highest BCUT2D eigenvalue weighted by Gasteiger charge is 2.32. The van der Waals surface area contributed by atoms with Crippen LogP contribution in [-0.2, 0) is 10.0 Å². The molecule has 2 aliphatic rings. The summed E-state index contributed by atoms with van der Waals surface area (Å²) in [5, 5.41) is 0. The van der Waals surface area contributed by atoms with E-state index in [4.69, 9.17) is 4.74 Å². The van der Waals surface area contributed by atoms with Gasteiger partial charge in [0.25, 0.3) is 5.91 Å². The monoisotopic (exact) mass is 456 g/mol. The van der Waals surface area contributed by atoms with Gasteiger partial charge in [0.1, 0.15) is 5.75 Å². The molecule has 0 aromatic heterocycles. The molecule has 0 radical (unpaired) electrons. The lowest BCUT2D eigenvalue weighted by Crippen LogP contribution is -2.40. The lowest BCUT2D eigenvalue weighted by atomic mass is 9.88. The van der Waals surface area contributed by atoms with Crippen LogP contribution in [-0.4, -0.2) is 57.5 Å². The number of anilines is 1. The Labute approximate surface area is 189 Å². The summed E-state index contributed by atoms with van der Waals surface area (Å²) in [6, 6.07) is 12.5. The Morgan fingerprint density at radius 1 is 0.969 bits per heavy atom. The number of Topliss-reactive ketones (excluding diaryl/α,β-unsaturated/α-hetero) is 1. The van der Waals surface area contributed by atoms with E-state index in [1.807, 2.05) is 31.2 Å². The van der Waals surface area contributed by atoms with Crippen LogP contribution in [0.1, 0.15) is 45.5 Å². The number of benzene rings is 2. The number of hydrogen-bond donors (Lipinski definition) is 0. The molecule has 0 atom stereocenters. The number of amides is 1. The molecule has 32 heavy (non-hydrogen) atoms. The molecule has 2 saturated heterocycles. The summed E-state index contributed by atoms with van der Waals surface area (Å²) in [5.41, 5.74) is 2.75. The summed E-state index contributed by atoms with van der Waals surface area (Å²) in [6.45, 7) is 3.41. The molecule has 2 aliphatic heterocycles. The van der Waals surface area contributed by atoms with Crippen LogP contribution >= 0.6 is 0 Å². The summed E-state index contributed by atoms with van der Waals surface area (Å²) in [6.07, 6.45) is 1.82. The van der Waals surface area contributed by atoms with Gasteiger partial charge in [-0.15, -0.1) is 0 Å². The first kappa shape index (κ1) is 22.3. The normalized spacial score (nSPS) is 18.6. The maximum absolute atomic E-state index is 13.1. The summed E-state index contributed by atoms with van der Waals surface area (Å²) in [4.78, 5) is 27.6. The average Bonchev–Trinajstić information content (AvgIpc) is 3.17. The Kier molecular flexibility index (Phi) is 6.24. The predicted octanol–water partition coefficient (Wildman–Crippen LogP) is 3.28. The summed E-state index contributed by atoms with van der Waals surface area (Å²) in [7, 11) is -1.87.